The third-order valence-corrected chi connectivity index (χ3v) is 5.03. The molecule has 0 amide bonds. The van der Waals surface area contributed by atoms with Crippen LogP contribution in [0.15, 0.2) is 60.7 Å². The molecule has 3 aromatic rings. The van der Waals surface area contributed by atoms with Crippen LogP contribution in [0.1, 0.15) is 57.4 Å². The van der Waals surface area contributed by atoms with Gasteiger partial charge < -0.3 is 18.9 Å². The first-order valence-corrected chi connectivity index (χ1v) is 9.64. The van der Waals surface area contributed by atoms with Crippen molar-refractivity contribution in [2.75, 3.05) is 0 Å². The molecule has 0 saturated carbocycles. The molecule has 33 heavy (non-hydrogen) atoms. The summed E-state index contributed by atoms with van der Waals surface area (Å²) in [7, 11) is 0. The number of ether oxygens (including phenoxy) is 4. The first-order chi connectivity index (χ1) is 15.9. The zero-order valence-corrected chi connectivity index (χ0v) is 16.7. The minimum atomic E-state index is -0.807. The Morgan fingerprint density at radius 1 is 0.636 bits per heavy atom. The second-order valence-electron chi connectivity index (χ2n) is 7.14. The van der Waals surface area contributed by atoms with Gasteiger partial charge in [0.25, 0.3) is 0 Å². The predicted octanol–water partition coefficient (Wildman–Crippen LogP) is 3.11. The van der Waals surface area contributed by atoms with E-state index in [0.29, 0.717) is 11.3 Å². The van der Waals surface area contributed by atoms with Gasteiger partial charge in [-0.25, -0.2) is 24.0 Å². The zero-order valence-electron chi connectivity index (χ0n) is 16.7. The van der Waals surface area contributed by atoms with Crippen molar-refractivity contribution in [1.82, 2.24) is 0 Å². The Morgan fingerprint density at radius 3 is 1.85 bits per heavy atom. The van der Waals surface area contributed by atoms with Crippen molar-refractivity contribution >= 4 is 29.8 Å². The van der Waals surface area contributed by atoms with Crippen molar-refractivity contribution in [2.45, 2.75) is 6.61 Å². The quantitative estimate of drug-likeness (QED) is 0.332. The Bertz CT molecular complexity index is 1370. The van der Waals surface area contributed by atoms with Gasteiger partial charge in [-0.05, 0) is 60.2 Å². The fourth-order valence-electron chi connectivity index (χ4n) is 3.37. The van der Waals surface area contributed by atoms with E-state index in [0.717, 1.165) is 0 Å². The van der Waals surface area contributed by atoms with E-state index in [1.807, 2.05) is 0 Å². The lowest BCUT2D eigenvalue weighted by atomic mass is 10.1. The molecule has 0 N–H and O–H groups in total. The van der Waals surface area contributed by atoms with Crippen LogP contribution in [-0.2, 0) is 16.1 Å². The lowest BCUT2D eigenvalue weighted by Crippen LogP contribution is -2.09. The average molecular weight is 444 g/mol. The van der Waals surface area contributed by atoms with Crippen LogP contribution >= 0.6 is 0 Å². The van der Waals surface area contributed by atoms with Gasteiger partial charge in [-0.3, -0.25) is 0 Å². The van der Waals surface area contributed by atoms with Gasteiger partial charge in [-0.15, -0.1) is 0 Å². The predicted molar refractivity (Wildman–Crippen MR) is 108 cm³/mol. The normalized spacial score (nSPS) is 13.8. The molecule has 2 heterocycles. The molecule has 3 aromatic carbocycles. The van der Waals surface area contributed by atoms with Crippen LogP contribution in [0.5, 0.6) is 11.5 Å². The molecular weight excluding hydrogens is 432 g/mol. The van der Waals surface area contributed by atoms with Gasteiger partial charge in [0.1, 0.15) is 18.1 Å². The van der Waals surface area contributed by atoms with Gasteiger partial charge in [0.15, 0.2) is 0 Å². The highest BCUT2D eigenvalue weighted by molar-refractivity contribution is 6.16. The summed E-state index contributed by atoms with van der Waals surface area (Å²) in [5.41, 5.74) is 1.31. The fourth-order valence-corrected chi connectivity index (χ4v) is 3.37. The zero-order chi connectivity index (χ0) is 23.1. The fraction of sp³-hybridized carbons (Fsp3) is 0.0417. The summed E-state index contributed by atoms with van der Waals surface area (Å²) < 4.78 is 20.0. The second-order valence-corrected chi connectivity index (χ2v) is 7.14. The van der Waals surface area contributed by atoms with E-state index < -0.39 is 29.8 Å². The lowest BCUT2D eigenvalue weighted by Gasteiger charge is -2.09. The minimum absolute atomic E-state index is 0.0161. The maximum Gasteiger partial charge on any atom is 0.346 e. The SMILES string of the molecule is O=C(Oc1ccc(OCc2ccc3c(c2)C(=O)OC3=O)cc1)c1ccc2c(c1)C(=O)OC2=O. The first-order valence-electron chi connectivity index (χ1n) is 9.64. The van der Waals surface area contributed by atoms with Gasteiger partial charge in [-0.2, -0.15) is 0 Å². The van der Waals surface area contributed by atoms with E-state index >= 15 is 0 Å². The molecule has 0 radical (unpaired) electrons. The summed E-state index contributed by atoms with van der Waals surface area (Å²) in [5.74, 6) is -2.90. The highest BCUT2D eigenvalue weighted by atomic mass is 16.6. The second kappa shape index (κ2) is 7.72. The highest BCUT2D eigenvalue weighted by Crippen LogP contribution is 2.25. The third-order valence-electron chi connectivity index (χ3n) is 5.03. The molecule has 0 saturated heterocycles. The van der Waals surface area contributed by atoms with Crippen LogP contribution in [0.2, 0.25) is 0 Å². The lowest BCUT2D eigenvalue weighted by molar-refractivity contribution is 0.0425. The van der Waals surface area contributed by atoms with Crippen LogP contribution in [0, 0.1) is 0 Å². The van der Waals surface area contributed by atoms with E-state index in [2.05, 4.69) is 9.47 Å². The number of esters is 5. The summed E-state index contributed by atoms with van der Waals surface area (Å²) in [6.07, 6.45) is 0. The Hall–Kier alpha value is -4.79. The smallest absolute Gasteiger partial charge is 0.346 e. The van der Waals surface area contributed by atoms with Crippen molar-refractivity contribution in [1.29, 1.82) is 0 Å². The van der Waals surface area contributed by atoms with Gasteiger partial charge >= 0.3 is 29.8 Å². The van der Waals surface area contributed by atoms with Crippen molar-refractivity contribution in [3.05, 3.63) is 94.0 Å². The molecule has 162 valence electrons. The molecule has 0 spiro atoms. The van der Waals surface area contributed by atoms with Gasteiger partial charge in [0.05, 0.1) is 27.8 Å². The Labute approximate surface area is 185 Å². The van der Waals surface area contributed by atoms with E-state index in [1.165, 1.54) is 36.4 Å². The van der Waals surface area contributed by atoms with Gasteiger partial charge in [0.2, 0.25) is 0 Å². The van der Waals surface area contributed by atoms with Crippen molar-refractivity contribution in [3.63, 3.8) is 0 Å². The number of carbonyl (C=O) groups excluding carboxylic acids is 5. The summed E-state index contributed by atoms with van der Waals surface area (Å²) in [4.78, 5) is 58.7. The van der Waals surface area contributed by atoms with E-state index in [1.54, 1.807) is 24.3 Å². The molecule has 2 aliphatic heterocycles. The molecule has 9 nitrogen and oxygen atoms in total. The summed E-state index contributed by atoms with van der Waals surface area (Å²) in [6.45, 7) is 0.137. The van der Waals surface area contributed by atoms with E-state index in [-0.39, 0.29) is 40.2 Å². The largest absolute Gasteiger partial charge is 0.489 e. The number of rotatable bonds is 5. The number of hydrogen-bond acceptors (Lipinski definition) is 9. The van der Waals surface area contributed by atoms with Crippen LogP contribution in [0.3, 0.4) is 0 Å². The average Bonchev–Trinajstić information content (AvgIpc) is 3.26. The molecule has 9 heteroatoms. The number of cyclic esters (lactones) is 4. The van der Waals surface area contributed by atoms with Gasteiger partial charge in [0, 0.05) is 0 Å². The maximum atomic E-state index is 12.4. The van der Waals surface area contributed by atoms with Crippen LogP contribution in [-0.4, -0.2) is 29.8 Å². The number of fused-ring (bicyclic) bond motifs is 2. The molecular formula is C24H12O9. The standard InChI is InChI=1S/C24H12O9/c25-20(13-2-8-17-19(10-13)24(29)33-22(17)27)31-15-5-3-14(4-6-15)30-11-12-1-7-16-18(9-12)23(28)32-21(16)26/h1-10H,11H2. The molecule has 0 fully saturated rings. The number of carbonyl (C=O) groups is 5. The monoisotopic (exact) mass is 444 g/mol. The Morgan fingerprint density at radius 2 is 1.18 bits per heavy atom. The van der Waals surface area contributed by atoms with Crippen molar-refractivity contribution < 1.29 is 42.9 Å². The van der Waals surface area contributed by atoms with Crippen LogP contribution in [0.4, 0.5) is 0 Å². The minimum Gasteiger partial charge on any atom is -0.489 e. The van der Waals surface area contributed by atoms with Crippen molar-refractivity contribution in [3.8, 4) is 11.5 Å². The molecule has 0 atom stereocenters. The summed E-state index contributed by atoms with van der Waals surface area (Å²) >= 11 is 0. The summed E-state index contributed by atoms with van der Waals surface area (Å²) in [6, 6.07) is 14.9. The first kappa shape index (κ1) is 20.1. The third kappa shape index (κ3) is 3.72. The van der Waals surface area contributed by atoms with Gasteiger partial charge in [-0.1, -0.05) is 6.07 Å². The Kier molecular flexibility index (Phi) is 4.71. The molecule has 0 bridgehead atoms. The molecule has 5 rings (SSSR count). The van der Waals surface area contributed by atoms with Crippen LogP contribution in [0.25, 0.3) is 0 Å². The number of hydrogen-bond donors (Lipinski definition) is 0. The maximum absolute atomic E-state index is 12.4. The number of benzene rings is 3. The highest BCUT2D eigenvalue weighted by Gasteiger charge is 2.31. The molecule has 2 aliphatic rings. The molecule has 0 aliphatic carbocycles. The molecule has 0 unspecified atom stereocenters. The topological polar surface area (TPSA) is 122 Å². The molecule has 0 aromatic heterocycles. The summed E-state index contributed by atoms with van der Waals surface area (Å²) in [5, 5.41) is 0. The van der Waals surface area contributed by atoms with E-state index in [9.17, 15) is 24.0 Å². The Balaban J connectivity index is 1.22. The van der Waals surface area contributed by atoms with Crippen LogP contribution < -0.4 is 9.47 Å². The van der Waals surface area contributed by atoms with Crippen molar-refractivity contribution in [2.24, 2.45) is 0 Å². The van der Waals surface area contributed by atoms with E-state index in [4.69, 9.17) is 9.47 Å².